The molecule has 0 unspecified atom stereocenters. The summed E-state index contributed by atoms with van der Waals surface area (Å²) in [6, 6.07) is 28.2. The molecule has 400 valence electrons. The lowest BCUT2D eigenvalue weighted by Crippen LogP contribution is -2.55. The number of aliphatic hydroxyl groups is 2. The number of Topliss-reactive ketones (excluding diaryl/α,β-unsaturated/α-hetero) is 1. The van der Waals surface area contributed by atoms with Crippen LogP contribution in [-0.2, 0) is 45.8 Å². The van der Waals surface area contributed by atoms with Crippen LogP contribution in [0, 0.1) is 11.6 Å². The molecular weight excluding hydrogens is 971 g/mol. The largest absolute Gasteiger partial charge is 0.444 e. The van der Waals surface area contributed by atoms with Crippen molar-refractivity contribution < 1.29 is 61.2 Å². The molecule has 4 aromatic carbocycles. The minimum Gasteiger partial charge on any atom is -0.444 e. The molecule has 2 aliphatic carbocycles. The van der Waals surface area contributed by atoms with Crippen molar-refractivity contribution in [1.29, 1.82) is 0 Å². The lowest BCUT2D eigenvalue weighted by atomic mass is 9.79. The number of amides is 2. The molecule has 73 heavy (non-hydrogen) atoms. The molecular formula is C56H78F2N2O11Si2. The van der Waals surface area contributed by atoms with Crippen LogP contribution < -0.4 is 10.6 Å². The second-order valence-electron chi connectivity index (χ2n) is 21.9. The van der Waals surface area contributed by atoms with E-state index in [4.69, 9.17) is 38.0 Å². The second-order valence-corrected chi connectivity index (χ2v) is 31.5. The molecule has 7 rings (SSSR count). The van der Waals surface area contributed by atoms with E-state index in [1.165, 1.54) is 12.1 Å². The van der Waals surface area contributed by atoms with Crippen molar-refractivity contribution in [2.24, 2.45) is 0 Å². The van der Waals surface area contributed by atoms with Gasteiger partial charge in [0, 0.05) is 24.2 Å². The molecule has 4 aromatic rings. The van der Waals surface area contributed by atoms with E-state index >= 15 is 4.39 Å². The molecule has 1 heterocycles. The summed E-state index contributed by atoms with van der Waals surface area (Å²) in [6.45, 7) is 22.9. The fourth-order valence-electron chi connectivity index (χ4n) is 8.39. The standard InChI is InChI=1S/C28H38FNO5Si.C26H34FNO4Si.C2H6O2/c1-27(2,3)36(4,5)35-25-17-21(13-14-28(25)33-15-16-34-28)23-12-11-22(18-24(23)29)30-26(31)32-19-20-9-7-6-8-10-20;1-26(2,3)33(4,5)32-24-15-19(11-14-23(24)29)21-13-12-20(16-22(21)27)28-25(30)31-17-18-9-7-6-8-10-18;3-1-2-4/h6-12,18,21,25H,13-17,19H2,1-5H3,(H,30,31);6-10,12-13,16,19,24H,11,14-15,17H2,1-5H3,(H,28,30);3-4H,1-2H2/t21-,25+;19-,24+;/m11./s1. The van der Waals surface area contributed by atoms with Crippen molar-refractivity contribution in [3.63, 3.8) is 0 Å². The van der Waals surface area contributed by atoms with Crippen molar-refractivity contribution in [1.82, 2.24) is 0 Å². The van der Waals surface area contributed by atoms with Crippen molar-refractivity contribution in [3.05, 3.63) is 131 Å². The molecule has 3 fully saturated rings. The van der Waals surface area contributed by atoms with Crippen LogP contribution in [0.15, 0.2) is 97.1 Å². The van der Waals surface area contributed by atoms with E-state index in [2.05, 4.69) is 78.4 Å². The van der Waals surface area contributed by atoms with Gasteiger partial charge in [-0.25, -0.2) is 18.4 Å². The summed E-state index contributed by atoms with van der Waals surface area (Å²) in [6.07, 6.45) is 1.46. The molecule has 3 aliphatic rings. The molecule has 4 atom stereocenters. The van der Waals surface area contributed by atoms with Gasteiger partial charge in [0.25, 0.3) is 0 Å². The number of rotatable bonds is 13. The first kappa shape index (κ1) is 59.0. The van der Waals surface area contributed by atoms with Gasteiger partial charge < -0.3 is 38.0 Å². The van der Waals surface area contributed by atoms with Crippen LogP contribution in [0.25, 0.3) is 0 Å². The fourth-order valence-corrected chi connectivity index (χ4v) is 11.0. The lowest BCUT2D eigenvalue weighted by molar-refractivity contribution is -0.233. The Balaban J connectivity index is 0.000000253. The molecule has 1 saturated heterocycles. The van der Waals surface area contributed by atoms with Gasteiger partial charge in [-0.3, -0.25) is 15.4 Å². The first-order valence-electron chi connectivity index (χ1n) is 25.3. The van der Waals surface area contributed by atoms with E-state index in [1.807, 2.05) is 60.7 Å². The highest BCUT2D eigenvalue weighted by molar-refractivity contribution is 6.74. The lowest BCUT2D eigenvalue weighted by Gasteiger charge is -2.48. The summed E-state index contributed by atoms with van der Waals surface area (Å²) in [5, 5.41) is 20.5. The van der Waals surface area contributed by atoms with Crippen LogP contribution in [0.5, 0.6) is 0 Å². The number of anilines is 2. The molecule has 2 saturated carbocycles. The summed E-state index contributed by atoms with van der Waals surface area (Å²) in [7, 11) is -4.22. The zero-order valence-electron chi connectivity index (χ0n) is 44.4. The molecule has 1 aliphatic heterocycles. The number of nitrogens with one attached hydrogen (secondary N) is 2. The van der Waals surface area contributed by atoms with Crippen LogP contribution in [-0.4, -0.2) is 89.2 Å². The highest BCUT2D eigenvalue weighted by atomic mass is 28.4. The number of hydrogen-bond donors (Lipinski definition) is 4. The predicted molar refractivity (Wildman–Crippen MR) is 284 cm³/mol. The van der Waals surface area contributed by atoms with E-state index in [9.17, 15) is 18.8 Å². The summed E-state index contributed by atoms with van der Waals surface area (Å²) >= 11 is 0. The van der Waals surface area contributed by atoms with Crippen LogP contribution in [0.3, 0.4) is 0 Å². The fraction of sp³-hybridized carbons (Fsp3) is 0.518. The topological polar surface area (TPSA) is 171 Å². The van der Waals surface area contributed by atoms with Gasteiger partial charge in [-0.2, -0.15) is 0 Å². The Morgan fingerprint density at radius 2 is 1.10 bits per heavy atom. The molecule has 17 heteroatoms. The van der Waals surface area contributed by atoms with Gasteiger partial charge >= 0.3 is 12.2 Å². The molecule has 13 nitrogen and oxygen atoms in total. The zero-order chi connectivity index (χ0) is 53.6. The number of carbonyl (C=O) groups is 3. The maximum absolute atomic E-state index is 15.3. The van der Waals surface area contributed by atoms with Crippen LogP contribution in [0.1, 0.15) is 114 Å². The molecule has 0 radical (unpaired) electrons. The number of ether oxygens (including phenoxy) is 4. The molecule has 1 spiro atoms. The minimum absolute atomic E-state index is 0.00604. The summed E-state index contributed by atoms with van der Waals surface area (Å²) < 4.78 is 66.1. The van der Waals surface area contributed by atoms with Gasteiger partial charge in [-0.05, 0) is 120 Å². The first-order chi connectivity index (χ1) is 34.4. The quantitative estimate of drug-likeness (QED) is 0.0940. The Hall–Kier alpha value is -4.86. The first-order valence-corrected chi connectivity index (χ1v) is 31.1. The van der Waals surface area contributed by atoms with Crippen molar-refractivity contribution in [2.45, 2.75) is 159 Å². The maximum atomic E-state index is 15.3. The summed E-state index contributed by atoms with van der Waals surface area (Å²) in [5.74, 6) is -1.52. The Kier molecular flexibility index (Phi) is 21.1. The number of benzene rings is 4. The third-order valence-electron chi connectivity index (χ3n) is 14.6. The van der Waals surface area contributed by atoms with E-state index in [0.717, 1.165) is 17.5 Å². The molecule has 0 aromatic heterocycles. The van der Waals surface area contributed by atoms with Gasteiger partial charge in [0.1, 0.15) is 31.0 Å². The van der Waals surface area contributed by atoms with Crippen LogP contribution in [0.4, 0.5) is 29.7 Å². The summed E-state index contributed by atoms with van der Waals surface area (Å²) in [5.41, 5.74) is 3.61. The van der Waals surface area contributed by atoms with Crippen molar-refractivity contribution in [3.8, 4) is 0 Å². The van der Waals surface area contributed by atoms with E-state index in [1.54, 1.807) is 24.3 Å². The molecule has 4 N–H and O–H groups in total. The van der Waals surface area contributed by atoms with Gasteiger partial charge in [0.2, 0.25) is 0 Å². The van der Waals surface area contributed by atoms with E-state index < -0.39 is 46.5 Å². The Morgan fingerprint density at radius 3 is 1.52 bits per heavy atom. The van der Waals surface area contributed by atoms with Gasteiger partial charge in [-0.15, -0.1) is 0 Å². The predicted octanol–water partition coefficient (Wildman–Crippen LogP) is 12.7. The van der Waals surface area contributed by atoms with Crippen molar-refractivity contribution >= 4 is 46.0 Å². The van der Waals surface area contributed by atoms with Gasteiger partial charge in [0.05, 0.1) is 32.5 Å². The van der Waals surface area contributed by atoms with E-state index in [-0.39, 0.29) is 66.0 Å². The van der Waals surface area contributed by atoms with Crippen LogP contribution in [0.2, 0.25) is 36.3 Å². The minimum atomic E-state index is -2.11. The van der Waals surface area contributed by atoms with Crippen molar-refractivity contribution in [2.75, 3.05) is 37.1 Å². The monoisotopic (exact) mass is 1050 g/mol. The zero-order valence-corrected chi connectivity index (χ0v) is 46.4. The highest BCUT2D eigenvalue weighted by Gasteiger charge is 2.53. The third-order valence-corrected chi connectivity index (χ3v) is 23.6. The Labute approximate surface area is 432 Å². The Morgan fingerprint density at radius 1 is 0.658 bits per heavy atom. The number of aliphatic hydroxyl groups excluding tert-OH is 2. The maximum Gasteiger partial charge on any atom is 0.411 e. The second kappa shape index (κ2) is 26.1. The van der Waals surface area contributed by atoms with Gasteiger partial charge in [-0.1, -0.05) is 114 Å². The number of hydrogen-bond acceptors (Lipinski definition) is 11. The highest BCUT2D eigenvalue weighted by Crippen LogP contribution is 2.48. The SMILES string of the molecule is CC(C)(C)[Si](C)(C)O[C@H]1C[C@H](c2ccc(NC(=O)OCc3ccccc3)cc2F)CCC12OCCO2.CC(C)(C)[Si](C)(C)O[C@H]1C[C@H](c2ccc(NC(=O)OCc3ccccc3)cc2F)CCC1=O.OCCO. The normalized spacial score (nSPS) is 19.9. The van der Waals surface area contributed by atoms with E-state index in [0.29, 0.717) is 67.8 Å². The summed E-state index contributed by atoms with van der Waals surface area (Å²) in [4.78, 5) is 36.8. The third kappa shape index (κ3) is 16.8. The average Bonchev–Trinajstić information content (AvgIpc) is 3.81. The average molecular weight is 1050 g/mol. The number of halogens is 2. The molecule has 0 bridgehead atoms. The smallest absolute Gasteiger partial charge is 0.411 e. The van der Waals surface area contributed by atoms with Crippen LogP contribution >= 0.6 is 0 Å². The van der Waals surface area contributed by atoms with Gasteiger partial charge in [0.15, 0.2) is 28.2 Å². The molecule has 2 amide bonds. The number of carbonyl (C=O) groups excluding carboxylic acids is 3. The Bertz CT molecular complexity index is 2410. The number of ketones is 1.